The van der Waals surface area contributed by atoms with Gasteiger partial charge in [-0.2, -0.15) is 11.8 Å². The van der Waals surface area contributed by atoms with Gasteiger partial charge in [-0.15, -0.1) is 0 Å². The lowest BCUT2D eigenvalue weighted by molar-refractivity contribution is 0.557. The Labute approximate surface area is 101 Å². The van der Waals surface area contributed by atoms with Crippen LogP contribution in [0.2, 0.25) is 0 Å². The van der Waals surface area contributed by atoms with Crippen LogP contribution in [0.4, 0.5) is 4.39 Å². The highest BCUT2D eigenvalue weighted by Gasteiger charge is 2.16. The van der Waals surface area contributed by atoms with Gasteiger partial charge in [0.15, 0.2) is 0 Å². The second kappa shape index (κ2) is 5.69. The van der Waals surface area contributed by atoms with E-state index in [4.69, 9.17) is 0 Å². The van der Waals surface area contributed by atoms with Crippen LogP contribution in [0.3, 0.4) is 0 Å². The summed E-state index contributed by atoms with van der Waals surface area (Å²) in [7, 11) is 0. The smallest absolute Gasteiger partial charge is 0.123 e. The lowest BCUT2D eigenvalue weighted by atomic mass is 10.1. The zero-order valence-corrected chi connectivity index (χ0v) is 10.4. The molecule has 1 saturated heterocycles. The quantitative estimate of drug-likeness (QED) is 0.864. The van der Waals surface area contributed by atoms with Gasteiger partial charge in [-0.05, 0) is 43.2 Å². The molecule has 0 aromatic heterocycles. The van der Waals surface area contributed by atoms with Gasteiger partial charge in [0.05, 0.1) is 0 Å². The highest BCUT2D eigenvalue weighted by atomic mass is 32.2. The van der Waals surface area contributed by atoms with Gasteiger partial charge in [-0.1, -0.05) is 12.1 Å². The molecule has 1 aliphatic heterocycles. The van der Waals surface area contributed by atoms with E-state index in [1.165, 1.54) is 30.7 Å². The van der Waals surface area contributed by atoms with Crippen molar-refractivity contribution in [2.75, 3.05) is 12.3 Å². The van der Waals surface area contributed by atoms with Crippen LogP contribution < -0.4 is 5.32 Å². The molecule has 1 N–H and O–H groups in total. The Hall–Kier alpha value is -0.540. The van der Waals surface area contributed by atoms with E-state index >= 15 is 0 Å². The first-order valence-electron chi connectivity index (χ1n) is 5.86. The van der Waals surface area contributed by atoms with Crippen LogP contribution >= 0.6 is 11.8 Å². The summed E-state index contributed by atoms with van der Waals surface area (Å²) in [5, 5.41) is 4.28. The van der Waals surface area contributed by atoms with Crippen LogP contribution in [-0.4, -0.2) is 17.5 Å². The minimum atomic E-state index is -0.165. The summed E-state index contributed by atoms with van der Waals surface area (Å²) in [6, 6.07) is 7.07. The SMILES string of the molecule is CC(NCC1CCCS1)c1ccc(F)cc1. The Bertz CT molecular complexity index is 319. The lowest BCUT2D eigenvalue weighted by Gasteiger charge is -2.17. The van der Waals surface area contributed by atoms with Crippen molar-refractivity contribution in [2.45, 2.75) is 31.1 Å². The van der Waals surface area contributed by atoms with E-state index in [1.54, 1.807) is 0 Å². The first-order chi connectivity index (χ1) is 7.75. The van der Waals surface area contributed by atoms with Gasteiger partial charge in [0.2, 0.25) is 0 Å². The second-order valence-corrected chi connectivity index (χ2v) is 5.72. The summed E-state index contributed by atoms with van der Waals surface area (Å²) in [5.74, 6) is 1.14. The Morgan fingerprint density at radius 2 is 2.19 bits per heavy atom. The third kappa shape index (κ3) is 3.22. The van der Waals surface area contributed by atoms with E-state index in [0.717, 1.165) is 17.4 Å². The van der Waals surface area contributed by atoms with Crippen molar-refractivity contribution in [3.05, 3.63) is 35.6 Å². The number of rotatable bonds is 4. The molecule has 0 bridgehead atoms. The van der Waals surface area contributed by atoms with E-state index < -0.39 is 0 Å². The number of halogens is 1. The molecule has 1 aromatic rings. The van der Waals surface area contributed by atoms with Crippen LogP contribution in [0.5, 0.6) is 0 Å². The molecule has 16 heavy (non-hydrogen) atoms. The molecular formula is C13H18FNS. The Morgan fingerprint density at radius 3 is 2.81 bits per heavy atom. The van der Waals surface area contributed by atoms with Crippen LogP contribution in [0.25, 0.3) is 0 Å². The van der Waals surface area contributed by atoms with E-state index in [-0.39, 0.29) is 5.82 Å². The van der Waals surface area contributed by atoms with E-state index in [0.29, 0.717) is 6.04 Å². The third-order valence-corrected chi connectivity index (χ3v) is 4.44. The van der Waals surface area contributed by atoms with E-state index in [1.807, 2.05) is 12.1 Å². The summed E-state index contributed by atoms with van der Waals surface area (Å²) in [6.45, 7) is 3.19. The molecule has 1 heterocycles. The molecule has 0 saturated carbocycles. The van der Waals surface area contributed by atoms with Gasteiger partial charge in [0.1, 0.15) is 5.82 Å². The molecule has 1 aromatic carbocycles. The standard InChI is InChI=1S/C13H18FNS/c1-10(11-4-6-12(14)7-5-11)15-9-13-3-2-8-16-13/h4-7,10,13,15H,2-3,8-9H2,1H3. The predicted octanol–water partition coefficient (Wildman–Crippen LogP) is 3.37. The molecule has 1 nitrogen and oxygen atoms in total. The normalized spacial score (nSPS) is 22.2. The summed E-state index contributed by atoms with van der Waals surface area (Å²) >= 11 is 2.06. The molecule has 0 amide bonds. The summed E-state index contributed by atoms with van der Waals surface area (Å²) in [5.41, 5.74) is 1.16. The fraction of sp³-hybridized carbons (Fsp3) is 0.538. The Kier molecular flexibility index (Phi) is 4.24. The van der Waals surface area contributed by atoms with Crippen molar-refractivity contribution in [3.63, 3.8) is 0 Å². The first kappa shape index (κ1) is 11.9. The molecule has 2 unspecified atom stereocenters. The monoisotopic (exact) mass is 239 g/mol. The van der Waals surface area contributed by atoms with Crippen molar-refractivity contribution in [3.8, 4) is 0 Å². The maximum atomic E-state index is 12.8. The molecule has 2 atom stereocenters. The van der Waals surface area contributed by atoms with E-state index in [9.17, 15) is 4.39 Å². The maximum absolute atomic E-state index is 12.8. The predicted molar refractivity (Wildman–Crippen MR) is 68.3 cm³/mol. The summed E-state index contributed by atoms with van der Waals surface area (Å²) in [6.07, 6.45) is 2.68. The van der Waals surface area contributed by atoms with Gasteiger partial charge < -0.3 is 5.32 Å². The summed E-state index contributed by atoms with van der Waals surface area (Å²) < 4.78 is 12.8. The minimum absolute atomic E-state index is 0.165. The van der Waals surface area contributed by atoms with Crippen molar-refractivity contribution in [2.24, 2.45) is 0 Å². The van der Waals surface area contributed by atoms with Crippen molar-refractivity contribution in [1.29, 1.82) is 0 Å². The molecule has 1 aliphatic rings. The van der Waals surface area contributed by atoms with Crippen LogP contribution in [-0.2, 0) is 0 Å². The van der Waals surface area contributed by atoms with Gasteiger partial charge in [0, 0.05) is 17.8 Å². The minimum Gasteiger partial charge on any atom is -0.309 e. The van der Waals surface area contributed by atoms with Gasteiger partial charge in [0.25, 0.3) is 0 Å². The highest BCUT2D eigenvalue weighted by Crippen LogP contribution is 2.26. The van der Waals surface area contributed by atoms with Gasteiger partial charge in [-0.25, -0.2) is 4.39 Å². The van der Waals surface area contributed by atoms with Crippen LogP contribution in [0.1, 0.15) is 31.4 Å². The van der Waals surface area contributed by atoms with Crippen molar-refractivity contribution >= 4 is 11.8 Å². The van der Waals surface area contributed by atoms with Crippen LogP contribution in [0.15, 0.2) is 24.3 Å². The average molecular weight is 239 g/mol. The summed E-state index contributed by atoms with van der Waals surface area (Å²) in [4.78, 5) is 0. The highest BCUT2D eigenvalue weighted by molar-refractivity contribution is 8.00. The molecule has 3 heteroatoms. The zero-order chi connectivity index (χ0) is 11.4. The molecule has 0 radical (unpaired) electrons. The number of nitrogens with one attached hydrogen (secondary N) is 1. The maximum Gasteiger partial charge on any atom is 0.123 e. The molecule has 0 aliphatic carbocycles. The molecular weight excluding hydrogens is 221 g/mol. The number of hydrogen-bond acceptors (Lipinski definition) is 2. The number of hydrogen-bond donors (Lipinski definition) is 1. The fourth-order valence-corrected chi connectivity index (χ4v) is 3.20. The Balaban J connectivity index is 1.82. The average Bonchev–Trinajstić information content (AvgIpc) is 2.80. The molecule has 88 valence electrons. The molecule has 2 rings (SSSR count). The lowest BCUT2D eigenvalue weighted by Crippen LogP contribution is -2.26. The van der Waals surface area contributed by atoms with Crippen molar-refractivity contribution < 1.29 is 4.39 Å². The second-order valence-electron chi connectivity index (χ2n) is 4.32. The van der Waals surface area contributed by atoms with Gasteiger partial charge >= 0.3 is 0 Å². The fourth-order valence-electron chi connectivity index (χ4n) is 1.98. The Morgan fingerprint density at radius 1 is 1.44 bits per heavy atom. The third-order valence-electron chi connectivity index (χ3n) is 3.05. The zero-order valence-electron chi connectivity index (χ0n) is 9.58. The first-order valence-corrected chi connectivity index (χ1v) is 6.91. The van der Waals surface area contributed by atoms with Crippen molar-refractivity contribution in [1.82, 2.24) is 5.32 Å². The largest absolute Gasteiger partial charge is 0.309 e. The topological polar surface area (TPSA) is 12.0 Å². The number of benzene rings is 1. The molecule has 0 spiro atoms. The molecule has 1 fully saturated rings. The number of thioether (sulfide) groups is 1. The van der Waals surface area contributed by atoms with E-state index in [2.05, 4.69) is 24.0 Å². The van der Waals surface area contributed by atoms with Crippen LogP contribution in [0, 0.1) is 5.82 Å². The van der Waals surface area contributed by atoms with Gasteiger partial charge in [-0.3, -0.25) is 0 Å².